The molecule has 0 saturated heterocycles. The van der Waals surface area contributed by atoms with Crippen molar-refractivity contribution in [1.29, 1.82) is 0 Å². The molecule has 0 saturated carbocycles. The van der Waals surface area contributed by atoms with E-state index in [1.807, 2.05) is 26.8 Å². The number of halogens is 1. The Labute approximate surface area is 128 Å². The number of carbonyl (C=O) groups is 1. The van der Waals surface area contributed by atoms with Gasteiger partial charge < -0.3 is 14.4 Å². The summed E-state index contributed by atoms with van der Waals surface area (Å²) in [5, 5.41) is 0. The lowest BCUT2D eigenvalue weighted by molar-refractivity contribution is 0.0183. The standard InChI is InChI=1S/C14H21BrN2O3/c1-14(2,3)20-13(18)17(5-6-19-4)10-11-7-12(15)9-16-8-11/h7-9H,5-6,10H2,1-4H3. The number of amides is 1. The Bertz CT molecular complexity index is 446. The quantitative estimate of drug-likeness (QED) is 0.822. The minimum absolute atomic E-state index is 0.352. The van der Waals surface area contributed by atoms with E-state index >= 15 is 0 Å². The van der Waals surface area contributed by atoms with Gasteiger partial charge in [0, 0.05) is 30.5 Å². The molecule has 0 aliphatic rings. The number of nitrogens with zero attached hydrogens (tertiary/aromatic N) is 2. The summed E-state index contributed by atoms with van der Waals surface area (Å²) in [4.78, 5) is 17.9. The van der Waals surface area contributed by atoms with Crippen LogP contribution in [0.3, 0.4) is 0 Å². The molecule has 1 amide bonds. The Hall–Kier alpha value is -1.14. The van der Waals surface area contributed by atoms with Gasteiger partial charge in [0.25, 0.3) is 0 Å². The van der Waals surface area contributed by atoms with Crippen molar-refractivity contribution >= 4 is 22.0 Å². The molecule has 0 aliphatic heterocycles. The molecular weight excluding hydrogens is 324 g/mol. The summed E-state index contributed by atoms with van der Waals surface area (Å²) in [7, 11) is 1.61. The first-order valence-electron chi connectivity index (χ1n) is 6.38. The molecule has 5 nitrogen and oxygen atoms in total. The summed E-state index contributed by atoms with van der Waals surface area (Å²) in [5.41, 5.74) is 0.416. The fraction of sp³-hybridized carbons (Fsp3) is 0.571. The zero-order valence-corrected chi connectivity index (χ0v) is 13.9. The number of methoxy groups -OCH3 is 1. The van der Waals surface area contributed by atoms with E-state index in [9.17, 15) is 4.79 Å². The van der Waals surface area contributed by atoms with Gasteiger partial charge in [-0.15, -0.1) is 0 Å². The van der Waals surface area contributed by atoms with Crippen LogP contribution < -0.4 is 0 Å². The Morgan fingerprint density at radius 3 is 2.65 bits per heavy atom. The number of hydrogen-bond acceptors (Lipinski definition) is 4. The van der Waals surface area contributed by atoms with E-state index < -0.39 is 5.60 Å². The first-order chi connectivity index (χ1) is 9.31. The number of ether oxygens (including phenoxy) is 2. The normalized spacial score (nSPS) is 11.2. The van der Waals surface area contributed by atoms with Crippen molar-refractivity contribution in [2.24, 2.45) is 0 Å². The lowest BCUT2D eigenvalue weighted by atomic mass is 10.2. The van der Waals surface area contributed by atoms with Crippen LogP contribution in [0.5, 0.6) is 0 Å². The number of rotatable bonds is 5. The number of hydrogen-bond donors (Lipinski definition) is 0. The molecule has 6 heteroatoms. The SMILES string of the molecule is COCCN(Cc1cncc(Br)c1)C(=O)OC(C)(C)C. The zero-order valence-electron chi connectivity index (χ0n) is 12.4. The zero-order chi connectivity index (χ0) is 15.2. The van der Waals surface area contributed by atoms with Crippen molar-refractivity contribution in [1.82, 2.24) is 9.88 Å². The average molecular weight is 345 g/mol. The van der Waals surface area contributed by atoms with Gasteiger partial charge in [-0.2, -0.15) is 0 Å². The predicted molar refractivity (Wildman–Crippen MR) is 80.5 cm³/mol. The lowest BCUT2D eigenvalue weighted by Gasteiger charge is -2.27. The molecule has 0 bridgehead atoms. The summed E-state index contributed by atoms with van der Waals surface area (Å²) >= 11 is 3.37. The van der Waals surface area contributed by atoms with E-state index in [1.165, 1.54) is 0 Å². The highest BCUT2D eigenvalue weighted by Crippen LogP contribution is 2.14. The maximum absolute atomic E-state index is 12.2. The third-order valence-corrected chi connectivity index (χ3v) is 2.79. The van der Waals surface area contributed by atoms with E-state index in [0.29, 0.717) is 19.7 Å². The summed E-state index contributed by atoms with van der Waals surface area (Å²) in [6.45, 7) is 6.91. The predicted octanol–water partition coefficient (Wildman–Crippen LogP) is 3.23. The molecule has 0 spiro atoms. The van der Waals surface area contributed by atoms with Gasteiger partial charge in [-0.3, -0.25) is 4.98 Å². The maximum Gasteiger partial charge on any atom is 0.410 e. The topological polar surface area (TPSA) is 51.7 Å². The van der Waals surface area contributed by atoms with Crippen molar-refractivity contribution in [2.75, 3.05) is 20.3 Å². The number of carbonyl (C=O) groups excluding carboxylic acids is 1. The molecule has 0 unspecified atom stereocenters. The molecule has 0 fully saturated rings. The van der Waals surface area contributed by atoms with Gasteiger partial charge in [0.05, 0.1) is 13.2 Å². The minimum atomic E-state index is -0.516. The Kier molecular flexibility index (Phi) is 6.42. The van der Waals surface area contributed by atoms with Crippen molar-refractivity contribution in [3.8, 4) is 0 Å². The monoisotopic (exact) mass is 344 g/mol. The van der Waals surface area contributed by atoms with Crippen molar-refractivity contribution < 1.29 is 14.3 Å². The fourth-order valence-electron chi connectivity index (χ4n) is 1.53. The molecule has 112 valence electrons. The second kappa shape index (κ2) is 7.59. The third kappa shape index (κ3) is 6.34. The smallest absolute Gasteiger partial charge is 0.410 e. The highest BCUT2D eigenvalue weighted by molar-refractivity contribution is 9.10. The summed E-state index contributed by atoms with van der Waals surface area (Å²) in [5.74, 6) is 0. The summed E-state index contributed by atoms with van der Waals surface area (Å²) in [6.07, 6.45) is 3.08. The average Bonchev–Trinajstić information content (AvgIpc) is 2.32. The van der Waals surface area contributed by atoms with Gasteiger partial charge in [0.2, 0.25) is 0 Å². The molecule has 0 atom stereocenters. The van der Waals surface area contributed by atoms with E-state index in [1.54, 1.807) is 24.4 Å². The second-order valence-electron chi connectivity index (χ2n) is 5.41. The Morgan fingerprint density at radius 1 is 1.40 bits per heavy atom. The molecule has 1 aromatic rings. The van der Waals surface area contributed by atoms with E-state index in [-0.39, 0.29) is 6.09 Å². The van der Waals surface area contributed by atoms with Gasteiger partial charge in [-0.05, 0) is 48.3 Å². The fourth-order valence-corrected chi connectivity index (χ4v) is 1.94. The van der Waals surface area contributed by atoms with E-state index in [2.05, 4.69) is 20.9 Å². The van der Waals surface area contributed by atoms with Crippen molar-refractivity contribution in [2.45, 2.75) is 32.9 Å². The molecule has 20 heavy (non-hydrogen) atoms. The largest absolute Gasteiger partial charge is 0.444 e. The summed E-state index contributed by atoms with van der Waals surface area (Å²) < 4.78 is 11.3. The van der Waals surface area contributed by atoms with E-state index in [0.717, 1.165) is 10.0 Å². The Morgan fingerprint density at radius 2 is 2.10 bits per heavy atom. The first kappa shape index (κ1) is 16.9. The Balaban J connectivity index is 2.75. The van der Waals surface area contributed by atoms with Crippen LogP contribution in [-0.4, -0.2) is 41.8 Å². The van der Waals surface area contributed by atoms with Crippen LogP contribution in [0, 0.1) is 0 Å². The molecule has 0 N–H and O–H groups in total. The third-order valence-electron chi connectivity index (χ3n) is 2.35. The molecular formula is C14H21BrN2O3. The second-order valence-corrected chi connectivity index (χ2v) is 6.32. The minimum Gasteiger partial charge on any atom is -0.444 e. The van der Waals surface area contributed by atoms with Gasteiger partial charge in [0.15, 0.2) is 0 Å². The van der Waals surface area contributed by atoms with Gasteiger partial charge in [-0.1, -0.05) is 0 Å². The number of pyridine rings is 1. The van der Waals surface area contributed by atoms with E-state index in [4.69, 9.17) is 9.47 Å². The van der Waals surface area contributed by atoms with Gasteiger partial charge in [-0.25, -0.2) is 4.79 Å². The van der Waals surface area contributed by atoms with Crippen LogP contribution >= 0.6 is 15.9 Å². The van der Waals surface area contributed by atoms with Gasteiger partial charge >= 0.3 is 6.09 Å². The molecule has 0 aromatic carbocycles. The molecule has 1 aromatic heterocycles. The molecule has 1 rings (SSSR count). The van der Waals surface area contributed by atoms with Crippen LogP contribution in [0.4, 0.5) is 4.79 Å². The highest BCUT2D eigenvalue weighted by atomic mass is 79.9. The first-order valence-corrected chi connectivity index (χ1v) is 7.17. The molecule has 1 heterocycles. The highest BCUT2D eigenvalue weighted by Gasteiger charge is 2.22. The van der Waals surface area contributed by atoms with Gasteiger partial charge in [0.1, 0.15) is 5.60 Å². The lowest BCUT2D eigenvalue weighted by Crippen LogP contribution is -2.38. The maximum atomic E-state index is 12.2. The van der Waals surface area contributed by atoms with Crippen LogP contribution in [0.25, 0.3) is 0 Å². The van der Waals surface area contributed by atoms with Crippen LogP contribution in [0.1, 0.15) is 26.3 Å². The van der Waals surface area contributed by atoms with Crippen LogP contribution in [0.15, 0.2) is 22.9 Å². The van der Waals surface area contributed by atoms with Crippen molar-refractivity contribution in [3.63, 3.8) is 0 Å². The number of aromatic nitrogens is 1. The van der Waals surface area contributed by atoms with Crippen molar-refractivity contribution in [3.05, 3.63) is 28.5 Å². The molecule has 0 aliphatic carbocycles. The van der Waals surface area contributed by atoms with Crippen LogP contribution in [-0.2, 0) is 16.0 Å². The molecule has 0 radical (unpaired) electrons. The van der Waals surface area contributed by atoms with Crippen LogP contribution in [0.2, 0.25) is 0 Å². The summed E-state index contributed by atoms with van der Waals surface area (Å²) in [6, 6.07) is 1.93.